The smallest absolute Gasteiger partial charge is 0.311 e. The van der Waals surface area contributed by atoms with Crippen molar-refractivity contribution in [3.8, 4) is 0 Å². The zero-order valence-electron chi connectivity index (χ0n) is 19.4. The maximum Gasteiger partial charge on any atom is 0.311 e. The lowest BCUT2D eigenvalue weighted by Crippen LogP contribution is -2.56. The Balaban J connectivity index is 2.03. The van der Waals surface area contributed by atoms with E-state index in [0.717, 1.165) is 6.42 Å². The van der Waals surface area contributed by atoms with E-state index in [1.807, 2.05) is 20.8 Å². The van der Waals surface area contributed by atoms with Gasteiger partial charge in [-0.1, -0.05) is 18.7 Å². The van der Waals surface area contributed by atoms with Crippen LogP contribution in [0.4, 0.5) is 0 Å². The molecule has 3 aliphatic heterocycles. The molecular weight excluding hydrogens is 428 g/mol. The second kappa shape index (κ2) is 9.59. The van der Waals surface area contributed by atoms with Crippen molar-refractivity contribution < 1.29 is 24.2 Å². The Morgan fingerprint density at radius 1 is 1.31 bits per heavy atom. The van der Waals surface area contributed by atoms with E-state index in [4.69, 9.17) is 4.74 Å². The van der Waals surface area contributed by atoms with Gasteiger partial charge in [0, 0.05) is 30.5 Å². The molecule has 0 aromatic rings. The van der Waals surface area contributed by atoms with Crippen molar-refractivity contribution in [1.29, 1.82) is 0 Å². The number of unbranched alkanes of at least 4 members (excludes halogenated alkanes) is 1. The third-order valence-electron chi connectivity index (χ3n) is 7.15. The third kappa shape index (κ3) is 3.89. The number of hydrogen-bond donors (Lipinski definition) is 1. The predicted octanol–water partition coefficient (Wildman–Crippen LogP) is 2.39. The normalized spacial score (nSPS) is 32.8. The highest BCUT2D eigenvalue weighted by atomic mass is 32.2. The van der Waals surface area contributed by atoms with Gasteiger partial charge in [-0.15, -0.1) is 18.3 Å². The van der Waals surface area contributed by atoms with Gasteiger partial charge >= 0.3 is 5.97 Å². The molecule has 32 heavy (non-hydrogen) atoms. The summed E-state index contributed by atoms with van der Waals surface area (Å²) in [7, 11) is 0. The van der Waals surface area contributed by atoms with E-state index in [1.54, 1.807) is 27.6 Å². The molecule has 3 fully saturated rings. The molecule has 3 aliphatic rings. The van der Waals surface area contributed by atoms with Gasteiger partial charge in [0.05, 0.1) is 16.6 Å². The summed E-state index contributed by atoms with van der Waals surface area (Å²) in [5.74, 6) is -1.77. The molecule has 7 nitrogen and oxygen atoms in total. The van der Waals surface area contributed by atoms with Crippen LogP contribution >= 0.6 is 11.8 Å². The number of hydrogen-bond acceptors (Lipinski definition) is 6. The highest BCUT2D eigenvalue weighted by Gasteiger charge is 2.77. The molecule has 3 saturated heterocycles. The minimum atomic E-state index is -0.645. The van der Waals surface area contributed by atoms with Crippen LogP contribution in [-0.4, -0.2) is 80.6 Å². The Bertz CT molecular complexity index is 786. The Morgan fingerprint density at radius 2 is 2.03 bits per heavy atom. The summed E-state index contributed by atoms with van der Waals surface area (Å²) in [5, 5.41) is 9.25. The van der Waals surface area contributed by atoms with Crippen molar-refractivity contribution in [2.45, 2.75) is 68.0 Å². The molecule has 8 heteroatoms. The number of aliphatic hydroxyl groups is 1. The van der Waals surface area contributed by atoms with Crippen molar-refractivity contribution in [1.82, 2.24) is 9.80 Å². The predicted molar refractivity (Wildman–Crippen MR) is 125 cm³/mol. The van der Waals surface area contributed by atoms with Gasteiger partial charge in [-0.25, -0.2) is 0 Å². The number of amides is 2. The fourth-order valence-corrected chi connectivity index (χ4v) is 8.12. The topological polar surface area (TPSA) is 87.1 Å². The number of nitrogens with zero attached hydrogens (tertiary/aromatic N) is 2. The van der Waals surface area contributed by atoms with E-state index in [0.29, 0.717) is 32.4 Å². The second-order valence-electron chi connectivity index (χ2n) is 9.48. The van der Waals surface area contributed by atoms with E-state index in [2.05, 4.69) is 13.2 Å². The summed E-state index contributed by atoms with van der Waals surface area (Å²) < 4.78 is 4.34. The minimum Gasteiger partial charge on any atom is -0.461 e. The summed E-state index contributed by atoms with van der Waals surface area (Å²) in [5.41, 5.74) is 0. The minimum absolute atomic E-state index is 0.0348. The number of thioether (sulfide) groups is 1. The highest BCUT2D eigenvalue weighted by Crippen LogP contribution is 2.71. The van der Waals surface area contributed by atoms with Gasteiger partial charge in [0.15, 0.2) is 0 Å². The molecule has 0 radical (unpaired) electrons. The first-order valence-electron chi connectivity index (χ1n) is 11.5. The van der Waals surface area contributed by atoms with Crippen LogP contribution in [0, 0.1) is 11.8 Å². The summed E-state index contributed by atoms with van der Waals surface area (Å²) in [4.78, 5) is 44.3. The van der Waals surface area contributed by atoms with Crippen LogP contribution in [0.2, 0.25) is 0 Å². The Morgan fingerprint density at radius 3 is 2.62 bits per heavy atom. The van der Waals surface area contributed by atoms with Crippen LogP contribution in [0.25, 0.3) is 0 Å². The largest absolute Gasteiger partial charge is 0.461 e. The van der Waals surface area contributed by atoms with Gasteiger partial charge in [0.25, 0.3) is 0 Å². The number of fused-ring (bicyclic) bond motifs is 1. The Kier molecular flexibility index (Phi) is 7.44. The number of aliphatic hydroxyl groups excluding tert-OH is 1. The van der Waals surface area contributed by atoms with Gasteiger partial charge in [-0.2, -0.15) is 0 Å². The average Bonchev–Trinajstić information content (AvgIpc) is 3.31. The SMILES string of the molecule is C=CCOC(=O)[C@H]1[C@H]2C(=O)N(CCCCO)C(C(=O)N(CC=C)C(C)C)C23CC[C@]1(C)S3. The summed E-state index contributed by atoms with van der Waals surface area (Å²) in [6.45, 7) is 14.3. The monoisotopic (exact) mass is 464 g/mol. The second-order valence-corrected chi connectivity index (χ2v) is 11.4. The van der Waals surface area contributed by atoms with Gasteiger partial charge in [-0.05, 0) is 46.5 Å². The number of likely N-dealkylation sites (tertiary alicyclic amines) is 1. The number of carbonyl (C=O) groups excluding carboxylic acids is 3. The molecule has 178 valence electrons. The molecule has 3 heterocycles. The molecule has 1 spiro atoms. The van der Waals surface area contributed by atoms with Gasteiger partial charge in [0.2, 0.25) is 11.8 Å². The molecule has 2 bridgehead atoms. The summed E-state index contributed by atoms with van der Waals surface area (Å²) in [6.07, 6.45) is 5.85. The Labute approximate surface area is 195 Å². The lowest BCUT2D eigenvalue weighted by Gasteiger charge is -2.38. The average molecular weight is 465 g/mol. The molecule has 0 saturated carbocycles. The van der Waals surface area contributed by atoms with Crippen LogP contribution in [-0.2, 0) is 19.1 Å². The lowest BCUT2D eigenvalue weighted by molar-refractivity contribution is -0.154. The van der Waals surface area contributed by atoms with Crippen molar-refractivity contribution in [3.63, 3.8) is 0 Å². The first kappa shape index (κ1) is 24.8. The number of rotatable bonds is 11. The molecule has 2 unspecified atom stereocenters. The van der Waals surface area contributed by atoms with Crippen molar-refractivity contribution in [2.75, 3.05) is 26.3 Å². The molecular formula is C24H36N2O5S. The zero-order valence-corrected chi connectivity index (χ0v) is 20.2. The Hall–Kier alpha value is -1.80. The summed E-state index contributed by atoms with van der Waals surface area (Å²) in [6, 6.07) is -0.678. The van der Waals surface area contributed by atoms with Crippen molar-refractivity contribution in [3.05, 3.63) is 25.3 Å². The summed E-state index contributed by atoms with van der Waals surface area (Å²) >= 11 is 1.64. The molecule has 1 N–H and O–H groups in total. The standard InChI is InChI=1S/C24H36N2O5S/c1-6-12-25(16(3)4)21(29)19-24-11-10-23(5,32-24)18(22(30)31-15-7-2)17(24)20(28)26(19)13-8-9-14-27/h6-7,16-19,27H,1-2,8-15H2,3-5H3/t17-,18+,19?,23-,24?/m0/s1. The van der Waals surface area contributed by atoms with E-state index in [-0.39, 0.29) is 37.0 Å². The fourth-order valence-electron chi connectivity index (χ4n) is 5.78. The molecule has 3 rings (SSSR count). The lowest BCUT2D eigenvalue weighted by atomic mass is 9.66. The first-order chi connectivity index (χ1) is 15.2. The van der Waals surface area contributed by atoms with Crippen LogP contribution in [0.15, 0.2) is 25.3 Å². The van der Waals surface area contributed by atoms with E-state index in [1.165, 1.54) is 6.08 Å². The van der Waals surface area contributed by atoms with E-state index < -0.39 is 27.4 Å². The number of ether oxygens (including phenoxy) is 1. The van der Waals surface area contributed by atoms with Crippen LogP contribution < -0.4 is 0 Å². The first-order valence-corrected chi connectivity index (χ1v) is 12.3. The van der Waals surface area contributed by atoms with E-state index in [9.17, 15) is 19.5 Å². The number of carbonyl (C=O) groups is 3. The molecule has 0 aromatic heterocycles. The van der Waals surface area contributed by atoms with Crippen molar-refractivity contribution >= 4 is 29.5 Å². The molecule has 0 aliphatic carbocycles. The van der Waals surface area contributed by atoms with Crippen molar-refractivity contribution in [2.24, 2.45) is 11.8 Å². The molecule has 5 atom stereocenters. The molecule has 2 amide bonds. The van der Waals surface area contributed by atoms with Gasteiger partial charge in [-0.3, -0.25) is 14.4 Å². The maximum absolute atomic E-state index is 13.9. The fraction of sp³-hybridized carbons (Fsp3) is 0.708. The van der Waals surface area contributed by atoms with Crippen LogP contribution in [0.3, 0.4) is 0 Å². The van der Waals surface area contributed by atoms with Crippen LogP contribution in [0.5, 0.6) is 0 Å². The third-order valence-corrected chi connectivity index (χ3v) is 9.13. The highest BCUT2D eigenvalue weighted by molar-refractivity contribution is 8.02. The zero-order chi connectivity index (χ0) is 23.7. The maximum atomic E-state index is 13.9. The van der Waals surface area contributed by atoms with Gasteiger partial charge in [0.1, 0.15) is 12.6 Å². The number of esters is 1. The molecule has 0 aromatic carbocycles. The quantitative estimate of drug-likeness (QED) is 0.287. The van der Waals surface area contributed by atoms with Gasteiger partial charge < -0.3 is 19.6 Å². The van der Waals surface area contributed by atoms with E-state index >= 15 is 0 Å². The van der Waals surface area contributed by atoms with Crippen LogP contribution in [0.1, 0.15) is 46.5 Å².